The summed E-state index contributed by atoms with van der Waals surface area (Å²) in [6.07, 6.45) is -18.2. The van der Waals surface area contributed by atoms with Crippen LogP contribution in [0.1, 0.15) is 79.9 Å². The zero-order chi connectivity index (χ0) is 41.6. The van der Waals surface area contributed by atoms with Crippen molar-refractivity contribution in [1.82, 2.24) is 4.57 Å². The molecule has 2 atom stereocenters. The van der Waals surface area contributed by atoms with E-state index < -0.39 is 156 Å². The molecule has 0 radical (unpaired) electrons. The molecule has 0 saturated heterocycles. The number of halogens is 3. The Morgan fingerprint density at radius 2 is 2.03 bits per heavy atom. The smallest absolute Gasteiger partial charge is 0.395 e. The summed E-state index contributed by atoms with van der Waals surface area (Å²) in [4.78, 5) is 14.2. The van der Waals surface area contributed by atoms with E-state index in [1.54, 1.807) is 0 Å². The van der Waals surface area contributed by atoms with Crippen LogP contribution in [-0.4, -0.2) is 39.5 Å². The molecule has 9 heteroatoms. The van der Waals surface area contributed by atoms with Gasteiger partial charge >= 0.3 is 6.29 Å². The van der Waals surface area contributed by atoms with Crippen LogP contribution in [0.15, 0.2) is 36.3 Å². The van der Waals surface area contributed by atoms with Crippen molar-refractivity contribution in [3.05, 3.63) is 58.9 Å². The number of ether oxygens (including phenoxy) is 2. The van der Waals surface area contributed by atoms with E-state index in [1.165, 1.54) is 0 Å². The third-order valence-corrected chi connectivity index (χ3v) is 5.96. The molecule has 5 rings (SSSR count). The van der Waals surface area contributed by atoms with Gasteiger partial charge in [0, 0.05) is 35.3 Å². The second kappa shape index (κ2) is 8.77. The largest absolute Gasteiger partial charge is 0.586 e. The van der Waals surface area contributed by atoms with E-state index in [9.17, 15) is 23.8 Å². The normalized spacial score (nSPS) is 30.1. The minimum Gasteiger partial charge on any atom is -0.395 e. The summed E-state index contributed by atoms with van der Waals surface area (Å²) in [6.45, 7) is -6.45. The third kappa shape index (κ3) is 4.48. The van der Waals surface area contributed by atoms with Crippen LogP contribution in [0.2, 0.25) is 0 Å². The molecule has 1 aliphatic carbocycles. The van der Waals surface area contributed by atoms with Gasteiger partial charge in [0.15, 0.2) is 11.5 Å². The molecule has 37 heavy (non-hydrogen) atoms. The van der Waals surface area contributed by atoms with Crippen LogP contribution in [0, 0.1) is 5.82 Å². The molecule has 1 saturated carbocycles. The first-order valence-corrected chi connectivity index (χ1v) is 10.7. The molecular weight excluding hydrogens is 487 g/mol. The van der Waals surface area contributed by atoms with Gasteiger partial charge in [-0.05, 0) is 60.5 Å². The fraction of sp³-hybridized carbons (Fsp3) is 0.464. The maximum atomic E-state index is 16.4. The third-order valence-electron chi connectivity index (χ3n) is 5.96. The van der Waals surface area contributed by atoms with E-state index in [2.05, 4.69) is 9.47 Å². The van der Waals surface area contributed by atoms with Gasteiger partial charge in [0.05, 0.1) is 41.1 Å². The number of aliphatic hydroxyl groups excluding tert-OH is 1. The molecule has 3 aromatic rings. The average molecular weight is 535 g/mol. The summed E-state index contributed by atoms with van der Waals surface area (Å²) in [5.41, 5.74) is -10.4. The van der Waals surface area contributed by atoms with Crippen LogP contribution in [0.5, 0.6) is 11.5 Å². The summed E-state index contributed by atoms with van der Waals surface area (Å²) in [6, 6.07) is -7.52. The first-order chi connectivity index (χ1) is 24.1. The monoisotopic (exact) mass is 534 g/mol. The number of rotatable bonds is 9. The zero-order valence-corrected chi connectivity index (χ0v) is 19.2. The fourth-order valence-corrected chi connectivity index (χ4v) is 3.86. The Hall–Kier alpha value is -3.04. The number of benzene rings is 2. The molecule has 2 aliphatic rings. The lowest BCUT2D eigenvalue weighted by Crippen LogP contribution is -2.26. The topological polar surface area (TPSA) is 80.9 Å². The van der Waals surface area contributed by atoms with E-state index >= 15 is 4.39 Å². The Bertz CT molecular complexity index is 2100. The SMILES string of the molecule is [2H]c1c([2H])c(C2(C(=O)Cc3c(F)c([2H])c4c(c3[2H])c([2H])c(C(C)(C([2H])([2H])[2H])C([2H])([2H])C)n4C[C@@H](O)C([2H])([2H])O)C([2H])([2H])C2([2H])[2H])c([2H])c2c1OC(F)(F)O2. The van der Waals surface area contributed by atoms with Crippen LogP contribution in [0.4, 0.5) is 13.2 Å². The van der Waals surface area contributed by atoms with Gasteiger partial charge in [-0.2, -0.15) is 0 Å². The van der Waals surface area contributed by atoms with Crippen LogP contribution >= 0.6 is 0 Å². The molecular formula is C28H30F3NO5. The van der Waals surface area contributed by atoms with Crippen LogP contribution in [0.25, 0.3) is 10.9 Å². The van der Waals surface area contributed by atoms with E-state index in [0.29, 0.717) is 4.57 Å². The van der Waals surface area contributed by atoms with Gasteiger partial charge in [-0.15, -0.1) is 8.78 Å². The lowest BCUT2D eigenvalue weighted by molar-refractivity contribution is -0.286. The number of aromatic nitrogens is 1. The predicted octanol–water partition coefficient (Wildman–Crippen LogP) is 4.99. The fourth-order valence-electron chi connectivity index (χ4n) is 3.86. The quantitative estimate of drug-likeness (QED) is 0.405. The molecule has 1 aromatic heterocycles. The Labute approximate surface area is 236 Å². The van der Waals surface area contributed by atoms with Gasteiger partial charge in [0.25, 0.3) is 0 Å². The summed E-state index contributed by atoms with van der Waals surface area (Å²) < 4.78 is 195. The van der Waals surface area contributed by atoms with Gasteiger partial charge in [0.1, 0.15) is 11.6 Å². The highest BCUT2D eigenvalue weighted by atomic mass is 19.3. The number of hydrogen-bond acceptors (Lipinski definition) is 5. The molecule has 0 bridgehead atoms. The predicted molar refractivity (Wildman–Crippen MR) is 131 cm³/mol. The van der Waals surface area contributed by atoms with E-state index in [-0.39, 0.29) is 0 Å². The maximum absolute atomic E-state index is 16.4. The van der Waals surface area contributed by atoms with Crippen molar-refractivity contribution < 1.29 is 61.0 Å². The highest BCUT2D eigenvalue weighted by Crippen LogP contribution is 2.52. The Balaban J connectivity index is 1.82. The molecule has 0 amide bonds. The Morgan fingerprint density at radius 3 is 2.68 bits per heavy atom. The molecule has 198 valence electrons. The van der Waals surface area contributed by atoms with Crippen LogP contribution in [0.3, 0.4) is 0 Å². The standard InChI is InChI=1S/C28H30F3NO5/c1-4-26(2,3)24-10-17-9-16(20(29)13-21(17)32(24)14-19(34)15-33)11-25(35)27(7-8-27)18-5-6-22-23(12-18)37-28(30,31)36-22/h5-6,9-10,12-13,19,33-34H,4,7-8,11,14-15H2,1-3H3/t19-/m1/s1/i2D3,4D2,5D,6D,7D2,8D2,9D,10D,12D,13D,15D2/t19-,26?. The number of nitrogens with zero attached hydrogens (tertiary/aromatic N) is 1. The Kier molecular flexibility index (Phi) is 2.89. The number of ketones is 1. The summed E-state index contributed by atoms with van der Waals surface area (Å²) >= 11 is 0. The summed E-state index contributed by atoms with van der Waals surface area (Å²) in [5, 5.41) is 19.5. The highest BCUT2D eigenvalue weighted by molar-refractivity contribution is 5.95. The van der Waals surface area contributed by atoms with Crippen molar-refractivity contribution in [2.24, 2.45) is 0 Å². The minimum atomic E-state index is -4.48. The van der Waals surface area contributed by atoms with Crippen LogP contribution in [-0.2, 0) is 28.6 Å². The molecule has 1 unspecified atom stereocenters. The highest BCUT2D eigenvalue weighted by Gasteiger charge is 2.52. The van der Waals surface area contributed by atoms with Crippen LogP contribution < -0.4 is 9.47 Å². The molecule has 6 nitrogen and oxygen atoms in total. The average Bonchev–Trinajstić information content (AvgIpc) is 3.28. The molecule has 1 aliphatic heterocycles. The van der Waals surface area contributed by atoms with Gasteiger partial charge in [-0.25, -0.2) is 4.39 Å². The lowest BCUT2D eigenvalue weighted by atomic mass is 9.86. The second-order valence-electron chi connectivity index (χ2n) is 8.55. The number of alkyl halides is 2. The van der Waals surface area contributed by atoms with Gasteiger partial charge in [-0.3, -0.25) is 4.79 Å². The molecule has 0 spiro atoms. The number of aliphatic hydroxyl groups is 2. The number of carbonyl (C=O) groups is 1. The molecule has 1 fully saturated rings. The minimum absolute atomic E-state index is 0.496. The first kappa shape index (κ1) is 12.2. The van der Waals surface area contributed by atoms with Gasteiger partial charge in [-0.1, -0.05) is 26.7 Å². The zero-order valence-electron chi connectivity index (χ0n) is 36.2. The van der Waals surface area contributed by atoms with Crippen molar-refractivity contribution in [3.63, 3.8) is 0 Å². The number of hydrogen-bond donors (Lipinski definition) is 2. The van der Waals surface area contributed by atoms with Gasteiger partial charge in [0.2, 0.25) is 0 Å². The number of fused-ring (bicyclic) bond motifs is 2. The molecule has 2 heterocycles. The molecule has 2 N–H and O–H groups in total. The molecule has 2 aromatic carbocycles. The maximum Gasteiger partial charge on any atom is 0.586 e. The van der Waals surface area contributed by atoms with Gasteiger partial charge < -0.3 is 24.3 Å². The number of Topliss-reactive ketones (excluding diaryl/α,β-unsaturated/α-hetero) is 1. The van der Waals surface area contributed by atoms with E-state index in [0.717, 1.165) is 13.8 Å². The number of carbonyl (C=O) groups excluding carboxylic acids is 1. The lowest BCUT2D eigenvalue weighted by Gasteiger charge is -2.26. The van der Waals surface area contributed by atoms with Crippen molar-refractivity contribution in [3.8, 4) is 11.5 Å². The summed E-state index contributed by atoms with van der Waals surface area (Å²) in [7, 11) is 0. The van der Waals surface area contributed by atoms with Crippen molar-refractivity contribution in [1.29, 1.82) is 0 Å². The van der Waals surface area contributed by atoms with E-state index in [1.807, 2.05) is 0 Å². The van der Waals surface area contributed by atoms with Crippen molar-refractivity contribution in [2.75, 3.05) is 6.56 Å². The second-order valence-corrected chi connectivity index (χ2v) is 8.55. The Morgan fingerprint density at radius 1 is 1.30 bits per heavy atom. The van der Waals surface area contributed by atoms with Crippen molar-refractivity contribution >= 4 is 16.7 Å². The van der Waals surface area contributed by atoms with E-state index in [4.69, 9.17) is 23.3 Å². The summed E-state index contributed by atoms with van der Waals surface area (Å²) in [5.74, 6) is -5.92. The van der Waals surface area contributed by atoms with Crippen molar-refractivity contribution in [2.45, 2.75) is 76.0 Å². The first-order valence-electron chi connectivity index (χ1n) is 19.2.